The van der Waals surface area contributed by atoms with Crippen LogP contribution >= 0.6 is 0 Å². The van der Waals surface area contributed by atoms with Gasteiger partial charge in [0.05, 0.1) is 27.5 Å². The number of benzene rings is 1. The molecule has 0 bridgehead atoms. The van der Waals surface area contributed by atoms with Gasteiger partial charge in [0, 0.05) is 18.9 Å². The Bertz CT molecular complexity index is 1110. The minimum absolute atomic E-state index is 0.0108. The second-order valence-corrected chi connectivity index (χ2v) is 7.96. The Morgan fingerprint density at radius 3 is 2.17 bits per heavy atom. The second kappa shape index (κ2) is 13.7. The number of unbranched alkanes of at least 4 members (excludes halogenated alkanes) is 1. The molecule has 0 aromatic heterocycles. The monoisotopic (exact) mass is 502 g/mol. The van der Waals surface area contributed by atoms with Crippen molar-refractivity contribution in [1.29, 1.82) is 5.41 Å². The molecule has 1 unspecified atom stereocenters. The van der Waals surface area contributed by atoms with Crippen molar-refractivity contribution < 1.29 is 28.6 Å². The molecule has 0 amide bonds. The fourth-order valence-corrected chi connectivity index (χ4v) is 3.39. The van der Waals surface area contributed by atoms with Gasteiger partial charge in [-0.05, 0) is 49.0 Å². The summed E-state index contributed by atoms with van der Waals surface area (Å²) in [7, 11) is 1.56. The summed E-state index contributed by atoms with van der Waals surface area (Å²) >= 11 is -2.83. The molecule has 4 N–H and O–H groups in total. The molecule has 0 heterocycles. The molecule has 35 heavy (non-hydrogen) atoms. The third kappa shape index (κ3) is 7.83. The molecule has 0 aliphatic rings. The van der Waals surface area contributed by atoms with Gasteiger partial charge in [0.25, 0.3) is 0 Å². The van der Waals surface area contributed by atoms with Gasteiger partial charge in [0.15, 0.2) is 0 Å². The summed E-state index contributed by atoms with van der Waals surface area (Å²) in [5.74, 6) is -2.98. The molecule has 1 atom stereocenters. The Kier molecular flexibility index (Phi) is 11.4. The van der Waals surface area contributed by atoms with Crippen LogP contribution in [0.4, 0.5) is 5.69 Å². The molecule has 0 fully saturated rings. The highest BCUT2D eigenvalue weighted by Crippen LogP contribution is 2.25. The third-order valence-electron chi connectivity index (χ3n) is 4.65. The standard InChI is InChI=1S/C23H29N5O6S/c1-6-9-10-18(25-5)20(14(4)24)26-27-21(19(7-2)35(33)34)28(8-3)17-12-15(22(29)30)11-16(13-17)23(31)32/h7-8,11-13,24,27H,2-3,6,9-10H2,1,4-5H3,(H,29,30)(H,31,32)(H,33,34)/p-1/b21-19+,24-14?,25-18?,26-20?. The summed E-state index contributed by atoms with van der Waals surface area (Å²) in [4.78, 5) is 28.1. The number of carboxylic acid groups (broad SMARTS) is 2. The zero-order valence-electron chi connectivity index (χ0n) is 19.7. The molecule has 11 nitrogen and oxygen atoms in total. The van der Waals surface area contributed by atoms with Crippen LogP contribution in [-0.2, 0) is 11.1 Å². The van der Waals surface area contributed by atoms with Crippen molar-refractivity contribution in [2.45, 2.75) is 33.1 Å². The van der Waals surface area contributed by atoms with Gasteiger partial charge in [0.1, 0.15) is 11.5 Å². The van der Waals surface area contributed by atoms with Gasteiger partial charge in [-0.25, -0.2) is 9.59 Å². The van der Waals surface area contributed by atoms with Crippen molar-refractivity contribution in [2.75, 3.05) is 11.9 Å². The van der Waals surface area contributed by atoms with E-state index < -0.39 is 23.0 Å². The average molecular weight is 503 g/mol. The van der Waals surface area contributed by atoms with Crippen molar-refractivity contribution in [2.24, 2.45) is 10.1 Å². The molecule has 0 spiro atoms. The Labute approximate surface area is 206 Å². The molecular formula is C23H28N5O6S-. The molecule has 0 aliphatic carbocycles. The van der Waals surface area contributed by atoms with E-state index in [0.717, 1.165) is 48.2 Å². The van der Waals surface area contributed by atoms with E-state index in [2.05, 4.69) is 28.7 Å². The smallest absolute Gasteiger partial charge is 0.335 e. The van der Waals surface area contributed by atoms with Crippen LogP contribution in [0.2, 0.25) is 0 Å². The Morgan fingerprint density at radius 1 is 1.23 bits per heavy atom. The zero-order valence-corrected chi connectivity index (χ0v) is 20.5. The predicted molar refractivity (Wildman–Crippen MR) is 136 cm³/mol. The third-order valence-corrected chi connectivity index (χ3v) is 5.37. The number of carboxylic acids is 2. The first kappa shape index (κ1) is 29.1. The van der Waals surface area contributed by atoms with Gasteiger partial charge in [0.2, 0.25) is 0 Å². The molecule has 1 aromatic rings. The number of anilines is 1. The van der Waals surface area contributed by atoms with Crippen LogP contribution in [0, 0.1) is 5.41 Å². The van der Waals surface area contributed by atoms with Crippen LogP contribution in [0.25, 0.3) is 0 Å². The van der Waals surface area contributed by atoms with E-state index in [1.54, 1.807) is 7.05 Å². The summed E-state index contributed by atoms with van der Waals surface area (Å²) in [5.41, 5.74) is 2.71. The number of carbonyl (C=O) groups is 2. The van der Waals surface area contributed by atoms with Crippen LogP contribution < -0.4 is 10.3 Å². The highest BCUT2D eigenvalue weighted by Gasteiger charge is 2.20. The van der Waals surface area contributed by atoms with Crippen LogP contribution in [0.3, 0.4) is 0 Å². The minimum atomic E-state index is -2.83. The van der Waals surface area contributed by atoms with E-state index >= 15 is 0 Å². The molecule has 188 valence electrons. The molecule has 1 aromatic carbocycles. The summed E-state index contributed by atoms with van der Waals surface area (Å²) in [6.07, 6.45) is 4.40. The van der Waals surface area contributed by atoms with E-state index in [9.17, 15) is 28.6 Å². The van der Waals surface area contributed by atoms with E-state index in [1.807, 2.05) is 6.92 Å². The van der Waals surface area contributed by atoms with E-state index in [-0.39, 0.29) is 39.0 Å². The molecular weight excluding hydrogens is 474 g/mol. The average Bonchev–Trinajstić information content (AvgIpc) is 2.80. The van der Waals surface area contributed by atoms with Gasteiger partial charge in [-0.2, -0.15) is 5.10 Å². The summed E-state index contributed by atoms with van der Waals surface area (Å²) in [6.45, 7) is 10.6. The van der Waals surface area contributed by atoms with Crippen molar-refractivity contribution in [3.63, 3.8) is 0 Å². The number of hydrogen-bond acceptors (Lipinski definition) is 9. The summed E-state index contributed by atoms with van der Waals surface area (Å²) < 4.78 is 23.9. The lowest BCUT2D eigenvalue weighted by molar-refractivity contribution is 0.0696. The number of rotatable bonds is 14. The number of allylic oxidation sites excluding steroid dienone is 1. The van der Waals surface area contributed by atoms with Crippen LogP contribution in [0.1, 0.15) is 53.8 Å². The maximum atomic E-state index is 12.0. The van der Waals surface area contributed by atoms with E-state index in [4.69, 9.17) is 5.41 Å². The lowest BCUT2D eigenvalue weighted by Crippen LogP contribution is -2.31. The van der Waals surface area contributed by atoms with Gasteiger partial charge in [-0.15, -0.1) is 0 Å². The van der Waals surface area contributed by atoms with Gasteiger partial charge < -0.3 is 25.1 Å². The topological polar surface area (TPSA) is 179 Å². The van der Waals surface area contributed by atoms with Crippen molar-refractivity contribution in [3.05, 3.63) is 65.5 Å². The first-order valence-corrected chi connectivity index (χ1v) is 11.4. The fourth-order valence-electron chi connectivity index (χ4n) is 2.95. The predicted octanol–water partition coefficient (Wildman–Crippen LogP) is 3.51. The number of hydrazone groups is 1. The van der Waals surface area contributed by atoms with Crippen molar-refractivity contribution >= 4 is 45.8 Å². The first-order chi connectivity index (χ1) is 16.5. The van der Waals surface area contributed by atoms with E-state index in [1.165, 1.54) is 6.92 Å². The van der Waals surface area contributed by atoms with Crippen molar-refractivity contribution in [3.8, 4) is 0 Å². The van der Waals surface area contributed by atoms with Gasteiger partial charge in [-0.1, -0.05) is 32.6 Å². The number of nitrogens with one attached hydrogen (secondary N) is 2. The molecule has 1 rings (SSSR count). The van der Waals surface area contributed by atoms with Crippen molar-refractivity contribution in [1.82, 2.24) is 5.43 Å². The largest absolute Gasteiger partial charge is 0.768 e. The molecule has 0 saturated heterocycles. The lowest BCUT2D eigenvalue weighted by atomic mass is 10.1. The fraction of sp³-hybridized carbons (Fsp3) is 0.261. The first-order valence-electron chi connectivity index (χ1n) is 10.4. The second-order valence-electron chi connectivity index (χ2n) is 7.05. The quantitative estimate of drug-likeness (QED) is 0.129. The maximum Gasteiger partial charge on any atom is 0.335 e. The molecule has 12 heteroatoms. The zero-order chi connectivity index (χ0) is 26.7. The van der Waals surface area contributed by atoms with Crippen LogP contribution in [-0.4, -0.2) is 55.1 Å². The minimum Gasteiger partial charge on any atom is -0.768 e. The van der Waals surface area contributed by atoms with E-state index in [0.29, 0.717) is 12.1 Å². The molecule has 0 aliphatic heterocycles. The molecule has 0 radical (unpaired) electrons. The Hall–Kier alpha value is -3.90. The Balaban J connectivity index is 3.80. The van der Waals surface area contributed by atoms with Gasteiger partial charge >= 0.3 is 11.9 Å². The number of aromatic carboxylic acids is 2. The van der Waals surface area contributed by atoms with Crippen LogP contribution in [0.15, 0.2) is 64.5 Å². The normalized spacial score (nSPS) is 13.4. The highest BCUT2D eigenvalue weighted by molar-refractivity contribution is 7.83. The summed E-state index contributed by atoms with van der Waals surface area (Å²) in [5, 5.41) is 31.1. The highest BCUT2D eigenvalue weighted by atomic mass is 32.2. The lowest BCUT2D eigenvalue weighted by Gasteiger charge is -2.26. The van der Waals surface area contributed by atoms with Gasteiger partial charge in [-0.3, -0.25) is 14.6 Å². The molecule has 0 saturated carbocycles. The maximum absolute atomic E-state index is 12.0. The SMILES string of the molecule is C=C/C(=C(/NN=C(C(C)=N)C(CCCC)=NC)N(C=C)c1cc(C(=O)O)cc(C(=O)O)c1)S(=O)[O-]. The summed E-state index contributed by atoms with van der Waals surface area (Å²) in [6, 6.07) is 3.28. The number of nitrogens with zero attached hydrogens (tertiary/aromatic N) is 3. The number of hydrogen-bond donors (Lipinski definition) is 4. The Morgan fingerprint density at radius 2 is 1.80 bits per heavy atom. The van der Waals surface area contributed by atoms with Crippen LogP contribution in [0.5, 0.6) is 0 Å². The number of aliphatic imine (C=N–C) groups is 1.